The number of carbonyl (C=O) groups is 2. The van der Waals surface area contributed by atoms with Crippen LogP contribution in [0, 0.1) is 17.1 Å². The summed E-state index contributed by atoms with van der Waals surface area (Å²) in [4.78, 5) is 30.7. The molecule has 2 heterocycles. The first-order valence-corrected chi connectivity index (χ1v) is 11.2. The highest BCUT2D eigenvalue weighted by atomic mass is 35.5. The minimum Gasteiger partial charge on any atom is -0.481 e. The molecule has 0 radical (unpaired) electrons. The third-order valence-electron chi connectivity index (χ3n) is 5.49. The van der Waals surface area contributed by atoms with E-state index in [4.69, 9.17) is 39.1 Å². The maximum Gasteiger partial charge on any atom is 0.271 e. The van der Waals surface area contributed by atoms with Crippen molar-refractivity contribution in [3.63, 3.8) is 0 Å². The molecule has 2 aromatic rings. The van der Waals surface area contributed by atoms with Gasteiger partial charge in [0.05, 0.1) is 18.3 Å². The Morgan fingerprint density at radius 3 is 2.68 bits per heavy atom. The first-order chi connectivity index (χ1) is 16.2. The van der Waals surface area contributed by atoms with Gasteiger partial charge >= 0.3 is 0 Å². The Hall–Kier alpha value is -3.17. The largest absolute Gasteiger partial charge is 0.481 e. The van der Waals surface area contributed by atoms with Crippen LogP contribution in [0.4, 0.5) is 4.39 Å². The van der Waals surface area contributed by atoms with Crippen molar-refractivity contribution in [3.8, 4) is 5.88 Å². The van der Waals surface area contributed by atoms with Gasteiger partial charge in [0.25, 0.3) is 5.91 Å². The van der Waals surface area contributed by atoms with Gasteiger partial charge in [-0.15, -0.1) is 0 Å². The van der Waals surface area contributed by atoms with Crippen molar-refractivity contribution in [1.29, 1.82) is 5.41 Å². The van der Waals surface area contributed by atoms with Crippen molar-refractivity contribution in [2.45, 2.75) is 19.4 Å². The molecule has 0 bridgehead atoms. The van der Waals surface area contributed by atoms with Crippen molar-refractivity contribution in [2.75, 3.05) is 20.2 Å². The third-order valence-corrected chi connectivity index (χ3v) is 6.16. The zero-order chi connectivity index (χ0) is 24.8. The average Bonchev–Trinajstić information content (AvgIpc) is 2.84. The van der Waals surface area contributed by atoms with Gasteiger partial charge in [-0.1, -0.05) is 23.2 Å². The number of halogens is 3. The number of likely N-dealkylation sites (tertiary alicyclic amines) is 1. The van der Waals surface area contributed by atoms with E-state index in [1.807, 2.05) is 0 Å². The van der Waals surface area contributed by atoms with Gasteiger partial charge in [-0.2, -0.15) is 0 Å². The van der Waals surface area contributed by atoms with Crippen LogP contribution in [-0.4, -0.2) is 47.6 Å². The summed E-state index contributed by atoms with van der Waals surface area (Å²) >= 11 is 12.2. The number of rotatable bonds is 7. The standard InChI is InChI=1S/C23H24Cl2FN5O3/c1-34-21-9-16(18(25)12-29-21)19(27)10-20(28)23(33)31-6-4-13(5-7-31)22(32)30-11-14-8-15(26)2-3-17(14)24/h2-3,8-10,12-13,28H,4-7,11,27H2,1H3,(H,30,32)/b19-10-,28-20?. The molecule has 0 atom stereocenters. The van der Waals surface area contributed by atoms with E-state index in [1.54, 1.807) is 0 Å². The maximum atomic E-state index is 13.4. The van der Waals surface area contributed by atoms with E-state index in [-0.39, 0.29) is 34.8 Å². The summed E-state index contributed by atoms with van der Waals surface area (Å²) in [5.74, 6) is -1.11. The lowest BCUT2D eigenvalue weighted by molar-refractivity contribution is -0.131. The fraction of sp³-hybridized carbons (Fsp3) is 0.304. The smallest absolute Gasteiger partial charge is 0.271 e. The van der Waals surface area contributed by atoms with Crippen molar-refractivity contribution >= 4 is 46.4 Å². The Bertz CT molecular complexity index is 1130. The second-order valence-electron chi connectivity index (χ2n) is 7.74. The fourth-order valence-electron chi connectivity index (χ4n) is 3.57. The van der Waals surface area contributed by atoms with Gasteiger partial charge in [0.15, 0.2) is 0 Å². The highest BCUT2D eigenvalue weighted by molar-refractivity contribution is 6.43. The van der Waals surface area contributed by atoms with Crippen LogP contribution in [0.5, 0.6) is 5.88 Å². The molecule has 3 rings (SSSR count). The molecule has 1 fully saturated rings. The minimum absolute atomic E-state index is 0.117. The maximum absolute atomic E-state index is 13.4. The van der Waals surface area contributed by atoms with Crippen molar-refractivity contribution in [1.82, 2.24) is 15.2 Å². The average molecular weight is 508 g/mol. The Morgan fingerprint density at radius 1 is 1.29 bits per heavy atom. The number of amides is 2. The molecular weight excluding hydrogens is 484 g/mol. The van der Waals surface area contributed by atoms with Gasteiger partial charge in [0, 0.05) is 47.9 Å². The second kappa shape index (κ2) is 11.3. The van der Waals surface area contributed by atoms with E-state index in [2.05, 4.69) is 10.3 Å². The van der Waals surface area contributed by atoms with Crippen LogP contribution in [-0.2, 0) is 16.1 Å². The van der Waals surface area contributed by atoms with Gasteiger partial charge in [0.2, 0.25) is 11.8 Å². The molecule has 0 unspecified atom stereocenters. The topological polar surface area (TPSA) is 121 Å². The van der Waals surface area contributed by atoms with Crippen molar-refractivity contribution in [3.05, 3.63) is 63.5 Å². The summed E-state index contributed by atoms with van der Waals surface area (Å²) in [5, 5.41) is 11.6. The summed E-state index contributed by atoms with van der Waals surface area (Å²) < 4.78 is 18.4. The molecule has 2 amide bonds. The number of pyridine rings is 1. The van der Waals surface area contributed by atoms with Gasteiger partial charge in [-0.3, -0.25) is 15.0 Å². The first kappa shape index (κ1) is 25.5. The number of nitrogens with two attached hydrogens (primary N) is 1. The molecule has 1 aromatic carbocycles. The fourth-order valence-corrected chi connectivity index (χ4v) is 3.96. The number of carbonyl (C=O) groups excluding carboxylic acids is 2. The Labute approximate surface area is 206 Å². The van der Waals surface area contributed by atoms with Crippen LogP contribution >= 0.6 is 23.2 Å². The molecule has 1 aliphatic heterocycles. The number of hydrogen-bond donors (Lipinski definition) is 3. The Kier molecular flexibility index (Phi) is 8.46. The summed E-state index contributed by atoms with van der Waals surface area (Å²) in [6.45, 7) is 0.751. The molecule has 1 aliphatic rings. The van der Waals surface area contributed by atoms with E-state index in [0.29, 0.717) is 48.0 Å². The molecule has 0 spiro atoms. The molecular formula is C23H24Cl2FN5O3. The third kappa shape index (κ3) is 6.24. The Balaban J connectivity index is 1.54. The first-order valence-electron chi connectivity index (χ1n) is 10.5. The van der Waals surface area contributed by atoms with Gasteiger partial charge in [-0.05, 0) is 42.7 Å². The monoisotopic (exact) mass is 507 g/mol. The highest BCUT2D eigenvalue weighted by Gasteiger charge is 2.28. The number of benzene rings is 1. The lowest BCUT2D eigenvalue weighted by Crippen LogP contribution is -2.44. The molecule has 4 N–H and O–H groups in total. The number of ether oxygens (including phenoxy) is 1. The normalized spacial score (nSPS) is 14.6. The van der Waals surface area contributed by atoms with Crippen LogP contribution in [0.1, 0.15) is 24.0 Å². The minimum atomic E-state index is -0.495. The SMILES string of the molecule is COc1cc(/C(N)=C/C(=N)C(=O)N2CCC(C(=O)NCc3cc(F)ccc3Cl)CC2)c(Cl)cn1. The second-order valence-corrected chi connectivity index (χ2v) is 8.55. The number of hydrogen-bond acceptors (Lipinski definition) is 6. The van der Waals surface area contributed by atoms with Crippen LogP contribution in [0.15, 0.2) is 36.5 Å². The van der Waals surface area contributed by atoms with E-state index >= 15 is 0 Å². The zero-order valence-electron chi connectivity index (χ0n) is 18.4. The summed E-state index contributed by atoms with van der Waals surface area (Å²) in [7, 11) is 1.45. The predicted octanol–water partition coefficient (Wildman–Crippen LogP) is 3.41. The number of nitrogens with one attached hydrogen (secondary N) is 2. The summed E-state index contributed by atoms with van der Waals surface area (Å²) in [6.07, 6.45) is 3.49. The summed E-state index contributed by atoms with van der Waals surface area (Å²) in [5.41, 5.74) is 6.78. The number of piperidine rings is 1. The number of aromatic nitrogens is 1. The molecule has 0 aliphatic carbocycles. The molecule has 8 nitrogen and oxygen atoms in total. The zero-order valence-corrected chi connectivity index (χ0v) is 19.9. The van der Waals surface area contributed by atoms with Gasteiger partial charge in [-0.25, -0.2) is 9.37 Å². The number of methoxy groups -OCH3 is 1. The molecule has 1 saturated heterocycles. The lowest BCUT2D eigenvalue weighted by Gasteiger charge is -2.31. The van der Waals surface area contributed by atoms with E-state index in [1.165, 1.54) is 48.5 Å². The van der Waals surface area contributed by atoms with Crippen LogP contribution in [0.3, 0.4) is 0 Å². The van der Waals surface area contributed by atoms with E-state index in [9.17, 15) is 14.0 Å². The quantitative estimate of drug-likeness (QED) is 0.495. The van der Waals surface area contributed by atoms with Crippen LogP contribution in [0.2, 0.25) is 10.0 Å². The van der Waals surface area contributed by atoms with Crippen LogP contribution in [0.25, 0.3) is 5.70 Å². The lowest BCUT2D eigenvalue weighted by atomic mass is 9.95. The predicted molar refractivity (Wildman–Crippen MR) is 128 cm³/mol. The molecule has 34 heavy (non-hydrogen) atoms. The van der Waals surface area contributed by atoms with Crippen LogP contribution < -0.4 is 15.8 Å². The van der Waals surface area contributed by atoms with E-state index in [0.717, 1.165) is 0 Å². The highest BCUT2D eigenvalue weighted by Crippen LogP contribution is 2.24. The molecule has 180 valence electrons. The van der Waals surface area contributed by atoms with E-state index < -0.39 is 11.7 Å². The van der Waals surface area contributed by atoms with Crippen molar-refractivity contribution < 1.29 is 18.7 Å². The van der Waals surface area contributed by atoms with Crippen molar-refractivity contribution in [2.24, 2.45) is 11.7 Å². The summed E-state index contributed by atoms with van der Waals surface area (Å²) in [6, 6.07) is 5.50. The molecule has 0 saturated carbocycles. The molecule has 1 aromatic heterocycles. The Morgan fingerprint density at radius 2 is 2.00 bits per heavy atom. The molecule has 11 heteroatoms. The number of nitrogens with zero attached hydrogens (tertiary/aromatic N) is 2. The van der Waals surface area contributed by atoms with Gasteiger partial charge in [0.1, 0.15) is 11.5 Å². The van der Waals surface area contributed by atoms with Gasteiger partial charge < -0.3 is 20.7 Å².